The van der Waals surface area contributed by atoms with E-state index in [1.807, 2.05) is 12.3 Å². The van der Waals surface area contributed by atoms with Crippen molar-refractivity contribution in [2.24, 2.45) is 10.8 Å². The zero-order valence-corrected chi connectivity index (χ0v) is 10.5. The number of nitrogens with zero attached hydrogens (tertiary/aromatic N) is 1. The fraction of sp³-hybridized carbons (Fsp3) is 0.400. The molecule has 1 aliphatic rings. The van der Waals surface area contributed by atoms with Crippen LogP contribution in [0.2, 0.25) is 0 Å². The number of pyridine rings is 1. The number of allylic oxidation sites excluding steroid dienone is 2. The van der Waals surface area contributed by atoms with Gasteiger partial charge in [-0.2, -0.15) is 0 Å². The van der Waals surface area contributed by atoms with E-state index in [-0.39, 0.29) is 10.8 Å². The van der Waals surface area contributed by atoms with Crippen molar-refractivity contribution in [2.45, 2.75) is 27.7 Å². The lowest BCUT2D eigenvalue weighted by Gasteiger charge is -2.22. The second-order valence-corrected chi connectivity index (χ2v) is 5.74. The second-order valence-electron chi connectivity index (χ2n) is 5.74. The zero-order chi connectivity index (χ0) is 11.8. The van der Waals surface area contributed by atoms with Crippen LogP contribution in [-0.2, 0) is 0 Å². The number of hydrogen-bond acceptors (Lipinski definition) is 1. The molecule has 1 aliphatic carbocycles. The first-order chi connectivity index (χ1) is 7.38. The molecule has 0 amide bonds. The normalized spacial score (nSPS) is 21.0. The van der Waals surface area contributed by atoms with Gasteiger partial charge in [0.1, 0.15) is 0 Å². The van der Waals surface area contributed by atoms with Crippen LogP contribution < -0.4 is 10.6 Å². The Kier molecular flexibility index (Phi) is 2.49. The van der Waals surface area contributed by atoms with Crippen molar-refractivity contribution >= 4 is 12.2 Å². The fourth-order valence-electron chi connectivity index (χ4n) is 1.95. The van der Waals surface area contributed by atoms with Crippen molar-refractivity contribution in [1.82, 2.24) is 4.98 Å². The molecule has 0 fully saturated rings. The summed E-state index contributed by atoms with van der Waals surface area (Å²) in [5.74, 6) is 0. The topological polar surface area (TPSA) is 12.9 Å². The SMILES string of the molecule is CC1(C)C=CC(C)(C)C=c2ncccc2=C1. The molecule has 84 valence electrons. The molecule has 1 nitrogen and oxygen atoms in total. The third-order valence-corrected chi connectivity index (χ3v) is 2.85. The van der Waals surface area contributed by atoms with Crippen LogP contribution in [0, 0.1) is 10.8 Å². The summed E-state index contributed by atoms with van der Waals surface area (Å²) < 4.78 is 0. The van der Waals surface area contributed by atoms with Gasteiger partial charge in [0.05, 0.1) is 5.35 Å². The van der Waals surface area contributed by atoms with Crippen molar-refractivity contribution < 1.29 is 0 Å². The van der Waals surface area contributed by atoms with E-state index in [0.29, 0.717) is 0 Å². The third kappa shape index (κ3) is 2.41. The summed E-state index contributed by atoms with van der Waals surface area (Å²) in [6.45, 7) is 8.87. The molecule has 1 heterocycles. The molecular weight excluding hydrogens is 194 g/mol. The van der Waals surface area contributed by atoms with Gasteiger partial charge >= 0.3 is 0 Å². The molecule has 0 saturated carbocycles. The molecule has 16 heavy (non-hydrogen) atoms. The molecule has 0 N–H and O–H groups in total. The first kappa shape index (κ1) is 11.1. The summed E-state index contributed by atoms with van der Waals surface area (Å²) in [4.78, 5) is 4.46. The van der Waals surface area contributed by atoms with Crippen LogP contribution in [0.1, 0.15) is 27.7 Å². The highest BCUT2D eigenvalue weighted by Gasteiger charge is 2.17. The second kappa shape index (κ2) is 3.58. The molecule has 0 radical (unpaired) electrons. The van der Waals surface area contributed by atoms with Gasteiger partial charge in [0.15, 0.2) is 0 Å². The fourth-order valence-corrected chi connectivity index (χ4v) is 1.95. The lowest BCUT2D eigenvalue weighted by Crippen LogP contribution is -2.33. The van der Waals surface area contributed by atoms with Gasteiger partial charge in [-0.15, -0.1) is 0 Å². The number of hydrogen-bond donors (Lipinski definition) is 0. The summed E-state index contributed by atoms with van der Waals surface area (Å²) in [6, 6.07) is 4.13. The van der Waals surface area contributed by atoms with E-state index in [9.17, 15) is 0 Å². The molecule has 0 unspecified atom stereocenters. The van der Waals surface area contributed by atoms with Crippen LogP contribution in [0.4, 0.5) is 0 Å². The maximum Gasteiger partial charge on any atom is 0.0667 e. The Morgan fingerprint density at radius 2 is 1.56 bits per heavy atom. The third-order valence-electron chi connectivity index (χ3n) is 2.85. The molecule has 0 aromatic carbocycles. The first-order valence-corrected chi connectivity index (χ1v) is 5.75. The summed E-state index contributed by atoms with van der Waals surface area (Å²) in [5, 5.41) is 2.31. The van der Waals surface area contributed by atoms with Crippen molar-refractivity contribution in [1.29, 1.82) is 0 Å². The molecule has 1 aromatic heterocycles. The van der Waals surface area contributed by atoms with Gasteiger partial charge in [0.25, 0.3) is 0 Å². The van der Waals surface area contributed by atoms with E-state index in [0.717, 1.165) is 5.35 Å². The summed E-state index contributed by atoms with van der Waals surface area (Å²) in [5.41, 5.74) is 0.151. The van der Waals surface area contributed by atoms with Crippen LogP contribution in [0.15, 0.2) is 30.5 Å². The average Bonchev–Trinajstić information content (AvgIpc) is 2.17. The Bertz CT molecular complexity index is 484. The minimum absolute atomic E-state index is 0.0641. The summed E-state index contributed by atoms with van der Waals surface area (Å²) in [7, 11) is 0. The Morgan fingerprint density at radius 3 is 2.25 bits per heavy atom. The van der Waals surface area contributed by atoms with E-state index in [1.165, 1.54) is 5.22 Å². The monoisotopic (exact) mass is 213 g/mol. The number of aromatic nitrogens is 1. The number of rotatable bonds is 0. The van der Waals surface area contributed by atoms with Gasteiger partial charge in [-0.05, 0) is 17.4 Å². The van der Waals surface area contributed by atoms with E-state index in [2.05, 4.69) is 63.0 Å². The lowest BCUT2D eigenvalue weighted by atomic mass is 9.83. The van der Waals surface area contributed by atoms with E-state index >= 15 is 0 Å². The van der Waals surface area contributed by atoms with Gasteiger partial charge in [-0.3, -0.25) is 4.98 Å². The van der Waals surface area contributed by atoms with Gasteiger partial charge in [0, 0.05) is 17.0 Å². The Morgan fingerprint density at radius 1 is 0.938 bits per heavy atom. The Labute approximate surface area is 97.2 Å². The van der Waals surface area contributed by atoms with Crippen LogP contribution in [-0.4, -0.2) is 4.98 Å². The van der Waals surface area contributed by atoms with Crippen LogP contribution >= 0.6 is 0 Å². The predicted molar refractivity (Wildman–Crippen MR) is 69.1 cm³/mol. The first-order valence-electron chi connectivity index (χ1n) is 5.75. The summed E-state index contributed by atoms with van der Waals surface area (Å²) >= 11 is 0. The van der Waals surface area contributed by atoms with Crippen LogP contribution in [0.5, 0.6) is 0 Å². The molecule has 0 bridgehead atoms. The quantitative estimate of drug-likeness (QED) is 0.602. The van der Waals surface area contributed by atoms with Gasteiger partial charge < -0.3 is 0 Å². The van der Waals surface area contributed by atoms with Crippen molar-refractivity contribution in [2.75, 3.05) is 0 Å². The van der Waals surface area contributed by atoms with Crippen LogP contribution in [0.3, 0.4) is 0 Å². The Balaban J connectivity index is 2.81. The molecule has 0 saturated heterocycles. The van der Waals surface area contributed by atoms with Gasteiger partial charge in [-0.25, -0.2) is 0 Å². The van der Waals surface area contributed by atoms with Crippen molar-refractivity contribution in [3.63, 3.8) is 0 Å². The van der Waals surface area contributed by atoms with Crippen LogP contribution in [0.25, 0.3) is 12.2 Å². The highest BCUT2D eigenvalue weighted by molar-refractivity contribution is 5.43. The molecule has 0 spiro atoms. The van der Waals surface area contributed by atoms with Gasteiger partial charge in [-0.1, -0.05) is 52.0 Å². The maximum atomic E-state index is 4.46. The lowest BCUT2D eigenvalue weighted by molar-refractivity contribution is 0.616. The molecule has 0 atom stereocenters. The highest BCUT2D eigenvalue weighted by atomic mass is 14.6. The van der Waals surface area contributed by atoms with E-state index < -0.39 is 0 Å². The Hall–Kier alpha value is -1.37. The van der Waals surface area contributed by atoms with Gasteiger partial charge in [0.2, 0.25) is 0 Å². The largest absolute Gasteiger partial charge is 0.257 e. The zero-order valence-electron chi connectivity index (χ0n) is 10.5. The predicted octanol–water partition coefficient (Wildman–Crippen LogP) is 2.26. The molecule has 0 aliphatic heterocycles. The minimum Gasteiger partial charge on any atom is -0.257 e. The van der Waals surface area contributed by atoms with Crippen molar-refractivity contribution in [3.05, 3.63) is 41.0 Å². The summed E-state index contributed by atoms with van der Waals surface area (Å²) in [6.07, 6.45) is 10.9. The standard InChI is InChI=1S/C15H19N/c1-14(2)7-8-15(3,4)11-13-12(10-14)6-5-9-16-13/h5-11H,1-4H3. The smallest absolute Gasteiger partial charge is 0.0667 e. The molecule has 1 heteroatoms. The maximum absolute atomic E-state index is 4.46. The molecule has 2 rings (SSSR count). The molecule has 1 aromatic rings. The average molecular weight is 213 g/mol. The van der Waals surface area contributed by atoms with Crippen molar-refractivity contribution in [3.8, 4) is 0 Å². The molecular formula is C15H19N. The van der Waals surface area contributed by atoms with E-state index in [1.54, 1.807) is 0 Å². The van der Waals surface area contributed by atoms with E-state index in [4.69, 9.17) is 0 Å². The number of fused-ring (bicyclic) bond motifs is 1. The highest BCUT2D eigenvalue weighted by Crippen LogP contribution is 2.26. The minimum atomic E-state index is 0.0641.